The first-order valence-electron chi connectivity index (χ1n) is 18.0. The van der Waals surface area contributed by atoms with E-state index in [0.717, 1.165) is 0 Å². The Balaban J connectivity index is 1.55. The van der Waals surface area contributed by atoms with E-state index in [2.05, 4.69) is 16.9 Å². The number of anilines is 1. The van der Waals surface area contributed by atoms with Crippen LogP contribution in [0.25, 0.3) is 0 Å². The lowest BCUT2D eigenvalue weighted by molar-refractivity contribution is -0.385. The van der Waals surface area contributed by atoms with Crippen LogP contribution in [0.15, 0.2) is 73.7 Å². The summed E-state index contributed by atoms with van der Waals surface area (Å²) in [6, 6.07) is 11.1. The smallest absolute Gasteiger partial charge is 0.416 e. The molecule has 0 radical (unpaired) electrons. The summed E-state index contributed by atoms with van der Waals surface area (Å²) in [7, 11) is 1.19. The molecule has 1 N–H and O–H groups in total. The molecule has 0 spiro atoms. The number of fused-ring (bicyclic) bond motifs is 3. The van der Waals surface area contributed by atoms with Gasteiger partial charge in [-0.1, -0.05) is 56.3 Å². The number of nitrogens with zero attached hydrogens (tertiary/aromatic N) is 5. The van der Waals surface area contributed by atoms with E-state index in [4.69, 9.17) is 14.2 Å². The minimum Gasteiger partial charge on any atom is -0.467 e. The molecule has 55 heavy (non-hydrogen) atoms. The number of rotatable bonds is 10. The number of hydrogen-bond donors (Lipinski definition) is 1. The van der Waals surface area contributed by atoms with Crippen molar-refractivity contribution in [3.63, 3.8) is 0 Å². The molecule has 5 rings (SSSR count). The van der Waals surface area contributed by atoms with E-state index in [1.54, 1.807) is 88.7 Å². The molecule has 2 aliphatic heterocycles. The molecule has 4 atom stereocenters. The number of para-hydroxylation sites is 2. The standard InChI is InChI=1S/C40H50N6O9/c1-11-39(8,9)40-21-31(32(47)42-28(33(48)53-10)20-26-23-43(24-41-26)22-25-16-12-14-18-29(25)46(51)52)45(36(50)55-38(5,6)7)34(40)44(35(49)54-37(2,3)4)30-19-15-13-17-27(30)40/h11-19,23-24,28,31,34H,1,20-22H2,2-10H3,(H,42,47)/t28-,31-,34-,40+/m0/s1. The first kappa shape index (κ1) is 40.5. The number of imidazole rings is 1. The van der Waals surface area contributed by atoms with Crippen molar-refractivity contribution < 1.29 is 38.3 Å². The largest absolute Gasteiger partial charge is 0.467 e. The number of ether oxygens (including phenoxy) is 3. The van der Waals surface area contributed by atoms with Gasteiger partial charge in [0.1, 0.15) is 29.5 Å². The maximum atomic E-state index is 14.7. The number of allylic oxidation sites excluding steroid dienone is 1. The van der Waals surface area contributed by atoms with Gasteiger partial charge in [0.05, 0.1) is 36.3 Å². The molecule has 0 unspecified atom stereocenters. The molecule has 15 heteroatoms. The number of hydrogen-bond acceptors (Lipinski definition) is 10. The highest BCUT2D eigenvalue weighted by Gasteiger charge is 2.70. The second-order valence-electron chi connectivity index (χ2n) is 16.5. The number of amides is 3. The summed E-state index contributed by atoms with van der Waals surface area (Å²) in [5.41, 5.74) is -1.75. The summed E-state index contributed by atoms with van der Waals surface area (Å²) in [5, 5.41) is 14.4. The molecule has 0 bridgehead atoms. The van der Waals surface area contributed by atoms with Gasteiger partial charge in [-0.15, -0.1) is 6.58 Å². The van der Waals surface area contributed by atoms with Gasteiger partial charge < -0.3 is 24.1 Å². The first-order chi connectivity index (χ1) is 25.6. The molecule has 2 aliphatic rings. The van der Waals surface area contributed by atoms with Gasteiger partial charge in [0.2, 0.25) is 5.91 Å². The van der Waals surface area contributed by atoms with Crippen molar-refractivity contribution in [2.75, 3.05) is 12.0 Å². The number of carbonyl (C=O) groups is 4. The van der Waals surface area contributed by atoms with E-state index in [9.17, 15) is 29.3 Å². The summed E-state index contributed by atoms with van der Waals surface area (Å²) in [6.45, 7) is 18.5. The SMILES string of the molecule is C=CC(C)(C)[C@@]12C[C@@H](C(=O)N[C@@H](Cc3cn(Cc4ccccc4[N+](=O)[O-])cn3)C(=O)OC)N(C(=O)OC(C)(C)C)[C@@H]1N(C(=O)OC(C)(C)C)c1ccccc12. The number of methoxy groups -OCH3 is 1. The number of esters is 1. The lowest BCUT2D eigenvalue weighted by Gasteiger charge is -2.45. The molecule has 1 fully saturated rings. The molecular formula is C40H50N6O9. The number of carbonyl (C=O) groups excluding carboxylic acids is 4. The Morgan fingerprint density at radius 2 is 1.62 bits per heavy atom. The zero-order valence-corrected chi connectivity index (χ0v) is 32.8. The summed E-state index contributed by atoms with van der Waals surface area (Å²) in [6.07, 6.45) is 2.12. The number of nitrogens with one attached hydrogen (secondary N) is 1. The highest BCUT2D eigenvalue weighted by Crippen LogP contribution is 2.62. The number of aromatic nitrogens is 2. The molecule has 2 aromatic carbocycles. The average Bonchev–Trinajstić information content (AvgIpc) is 3.77. The van der Waals surface area contributed by atoms with Crippen LogP contribution in [-0.4, -0.2) is 80.0 Å². The molecule has 15 nitrogen and oxygen atoms in total. The Hall–Kier alpha value is -5.73. The quantitative estimate of drug-likeness (QED) is 0.0815. The monoisotopic (exact) mass is 758 g/mol. The van der Waals surface area contributed by atoms with Crippen molar-refractivity contribution in [3.05, 3.63) is 101 Å². The topological polar surface area (TPSA) is 175 Å². The lowest BCUT2D eigenvalue weighted by atomic mass is 9.60. The predicted octanol–water partition coefficient (Wildman–Crippen LogP) is 6.28. The van der Waals surface area contributed by atoms with E-state index in [1.165, 1.54) is 29.3 Å². The van der Waals surface area contributed by atoms with E-state index >= 15 is 0 Å². The van der Waals surface area contributed by atoms with Gasteiger partial charge in [-0.3, -0.25) is 24.7 Å². The molecule has 294 valence electrons. The second-order valence-corrected chi connectivity index (χ2v) is 16.5. The van der Waals surface area contributed by atoms with Gasteiger partial charge in [0.15, 0.2) is 0 Å². The molecule has 0 aliphatic carbocycles. The highest BCUT2D eigenvalue weighted by atomic mass is 16.6. The van der Waals surface area contributed by atoms with Crippen LogP contribution in [0.4, 0.5) is 21.0 Å². The minimum atomic E-state index is -1.25. The summed E-state index contributed by atoms with van der Waals surface area (Å²) in [5.74, 6) is -1.44. The van der Waals surface area contributed by atoms with Crippen LogP contribution in [0.1, 0.15) is 78.6 Å². The Bertz CT molecular complexity index is 1990. The highest BCUT2D eigenvalue weighted by molar-refractivity contribution is 5.97. The van der Waals surface area contributed by atoms with Crippen LogP contribution in [0.2, 0.25) is 0 Å². The predicted molar refractivity (Wildman–Crippen MR) is 203 cm³/mol. The van der Waals surface area contributed by atoms with Crippen LogP contribution in [0.5, 0.6) is 0 Å². The van der Waals surface area contributed by atoms with Crippen molar-refractivity contribution in [2.45, 2.75) is 110 Å². The fourth-order valence-electron chi connectivity index (χ4n) is 7.53. The van der Waals surface area contributed by atoms with Crippen LogP contribution in [-0.2, 0) is 42.2 Å². The van der Waals surface area contributed by atoms with Crippen LogP contribution < -0.4 is 10.2 Å². The maximum Gasteiger partial charge on any atom is 0.416 e. The van der Waals surface area contributed by atoms with Gasteiger partial charge in [-0.05, 0) is 65.0 Å². The van der Waals surface area contributed by atoms with Crippen LogP contribution in [0.3, 0.4) is 0 Å². The molecule has 0 saturated carbocycles. The average molecular weight is 759 g/mol. The third-order valence-electron chi connectivity index (χ3n) is 10.0. The third kappa shape index (κ3) is 7.91. The van der Waals surface area contributed by atoms with E-state index in [0.29, 0.717) is 22.5 Å². The third-order valence-corrected chi connectivity index (χ3v) is 10.0. The van der Waals surface area contributed by atoms with Gasteiger partial charge >= 0.3 is 18.2 Å². The summed E-state index contributed by atoms with van der Waals surface area (Å²) in [4.78, 5) is 74.8. The number of benzene rings is 2. The fraction of sp³-hybridized carbons (Fsp3) is 0.475. The zero-order valence-electron chi connectivity index (χ0n) is 32.8. The molecule has 3 amide bonds. The zero-order chi connectivity index (χ0) is 40.7. The summed E-state index contributed by atoms with van der Waals surface area (Å²) >= 11 is 0. The maximum absolute atomic E-state index is 14.7. The normalized spacial score (nSPS) is 19.9. The molecule has 3 heterocycles. The van der Waals surface area contributed by atoms with Crippen LogP contribution in [0, 0.1) is 15.5 Å². The molecule has 1 saturated heterocycles. The van der Waals surface area contributed by atoms with E-state index in [1.807, 2.05) is 26.0 Å². The fourth-order valence-corrected chi connectivity index (χ4v) is 7.53. The van der Waals surface area contributed by atoms with E-state index < -0.39 is 69.3 Å². The van der Waals surface area contributed by atoms with Gasteiger partial charge in [0.25, 0.3) is 5.69 Å². The Morgan fingerprint density at radius 1 is 1.00 bits per heavy atom. The van der Waals surface area contributed by atoms with Crippen molar-refractivity contribution >= 4 is 35.4 Å². The van der Waals surface area contributed by atoms with Crippen molar-refractivity contribution in [1.29, 1.82) is 0 Å². The Morgan fingerprint density at radius 3 is 2.24 bits per heavy atom. The number of likely N-dealkylation sites (tertiary alicyclic amines) is 1. The first-order valence-corrected chi connectivity index (χ1v) is 18.0. The minimum absolute atomic E-state index is 0.0243. The van der Waals surface area contributed by atoms with Gasteiger partial charge in [-0.25, -0.2) is 19.4 Å². The van der Waals surface area contributed by atoms with Crippen molar-refractivity contribution in [1.82, 2.24) is 19.8 Å². The molecule has 1 aromatic heterocycles. The number of nitro groups is 1. The van der Waals surface area contributed by atoms with Crippen molar-refractivity contribution in [3.8, 4) is 0 Å². The van der Waals surface area contributed by atoms with E-state index in [-0.39, 0.29) is 25.1 Å². The van der Waals surface area contributed by atoms with Gasteiger partial charge in [-0.2, -0.15) is 0 Å². The summed E-state index contributed by atoms with van der Waals surface area (Å²) < 4.78 is 18.6. The molecular weight excluding hydrogens is 708 g/mol. The number of nitro benzene ring substituents is 1. The van der Waals surface area contributed by atoms with Gasteiger partial charge in [0, 0.05) is 29.7 Å². The Labute approximate surface area is 320 Å². The van der Waals surface area contributed by atoms with Crippen molar-refractivity contribution in [2.24, 2.45) is 5.41 Å². The molecule has 3 aromatic rings. The Kier molecular flexibility index (Phi) is 10.9. The lowest BCUT2D eigenvalue weighted by Crippen LogP contribution is -2.61. The second kappa shape index (κ2) is 14.8. The van der Waals surface area contributed by atoms with Crippen LogP contribution >= 0.6 is 0 Å².